The fraction of sp³-hybridized carbons (Fsp3) is 0.588. The number of thiol groups is 1. The normalized spacial score (nSPS) is 24.4. The van der Waals surface area contributed by atoms with Gasteiger partial charge in [0.15, 0.2) is 0 Å². The van der Waals surface area contributed by atoms with Gasteiger partial charge in [-0.1, -0.05) is 0 Å². The summed E-state index contributed by atoms with van der Waals surface area (Å²) in [6.45, 7) is 2.17. The summed E-state index contributed by atoms with van der Waals surface area (Å²) in [6, 6.07) is 6.67. The van der Waals surface area contributed by atoms with Crippen molar-refractivity contribution in [3.63, 3.8) is 0 Å². The van der Waals surface area contributed by atoms with Crippen LogP contribution in [0.15, 0.2) is 24.3 Å². The van der Waals surface area contributed by atoms with Crippen molar-refractivity contribution in [2.45, 2.75) is 49.6 Å². The van der Waals surface area contributed by atoms with Crippen LogP contribution in [0.3, 0.4) is 0 Å². The second-order valence-corrected chi connectivity index (χ2v) is 7.50. The quantitative estimate of drug-likeness (QED) is 0.476. The molecule has 0 radical (unpaired) electrons. The van der Waals surface area contributed by atoms with Crippen LogP contribution >= 0.6 is 12.6 Å². The molecule has 1 saturated heterocycles. The number of likely N-dealkylation sites (tertiary alicyclic amines) is 1. The van der Waals surface area contributed by atoms with Gasteiger partial charge in [0.2, 0.25) is 0 Å². The highest BCUT2D eigenvalue weighted by molar-refractivity contribution is 7.81. The third-order valence-corrected chi connectivity index (χ3v) is 5.22. The minimum Gasteiger partial charge on any atom is -0.445 e. The molecule has 8 heteroatoms. The number of ether oxygens (including phenoxy) is 1. The van der Waals surface area contributed by atoms with E-state index in [4.69, 9.17) is 4.74 Å². The first-order valence-corrected chi connectivity index (χ1v) is 9.11. The Morgan fingerprint density at radius 2 is 2.04 bits per heavy atom. The minimum absolute atomic E-state index is 0.0240. The zero-order valence-electron chi connectivity index (χ0n) is 14.0. The maximum Gasteiger partial charge on any atom is 0.407 e. The molecular weight excluding hydrogens is 342 g/mol. The van der Waals surface area contributed by atoms with Crippen molar-refractivity contribution in [3.8, 4) is 0 Å². The van der Waals surface area contributed by atoms with Gasteiger partial charge in [-0.2, -0.15) is 12.6 Å². The summed E-state index contributed by atoms with van der Waals surface area (Å²) in [5.74, 6) is 0. The highest BCUT2D eigenvalue weighted by atomic mass is 32.1. The predicted octanol–water partition coefficient (Wildman–Crippen LogP) is 2.75. The highest BCUT2D eigenvalue weighted by Crippen LogP contribution is 2.28. The molecular formula is C17H23N3O4S. The van der Waals surface area contributed by atoms with Crippen LogP contribution in [0.25, 0.3) is 0 Å². The van der Waals surface area contributed by atoms with E-state index in [2.05, 4.69) is 22.8 Å². The van der Waals surface area contributed by atoms with Gasteiger partial charge < -0.3 is 10.1 Å². The van der Waals surface area contributed by atoms with Gasteiger partial charge in [-0.3, -0.25) is 15.0 Å². The molecule has 0 spiro atoms. The largest absolute Gasteiger partial charge is 0.445 e. The van der Waals surface area contributed by atoms with Crippen molar-refractivity contribution in [2.24, 2.45) is 0 Å². The number of carbonyl (C=O) groups excluding carboxylic acids is 1. The van der Waals surface area contributed by atoms with E-state index >= 15 is 0 Å². The van der Waals surface area contributed by atoms with Crippen LogP contribution in [0, 0.1) is 10.1 Å². The predicted molar refractivity (Wildman–Crippen MR) is 96.8 cm³/mol. The lowest BCUT2D eigenvalue weighted by molar-refractivity contribution is -0.384. The summed E-state index contributed by atoms with van der Waals surface area (Å²) in [6.07, 6.45) is 3.77. The first kappa shape index (κ1) is 18.0. The van der Waals surface area contributed by atoms with Gasteiger partial charge in [0.25, 0.3) is 5.69 Å². The maximum atomic E-state index is 12.0. The number of non-ortho nitro benzene ring substituents is 1. The topological polar surface area (TPSA) is 84.7 Å². The molecule has 3 rings (SSSR count). The molecule has 1 N–H and O–H groups in total. The number of amides is 1. The van der Waals surface area contributed by atoms with Gasteiger partial charge in [-0.05, 0) is 43.4 Å². The number of nitrogens with one attached hydrogen (secondary N) is 1. The molecule has 25 heavy (non-hydrogen) atoms. The third-order valence-electron chi connectivity index (χ3n) is 4.89. The van der Waals surface area contributed by atoms with Crippen LogP contribution in [0.2, 0.25) is 0 Å². The van der Waals surface area contributed by atoms with Crippen molar-refractivity contribution in [2.75, 3.05) is 13.1 Å². The zero-order chi connectivity index (χ0) is 17.8. The molecule has 1 saturated carbocycles. The summed E-state index contributed by atoms with van der Waals surface area (Å²) in [5.41, 5.74) is 0.749. The Labute approximate surface area is 152 Å². The monoisotopic (exact) mass is 365 g/mol. The number of nitro groups is 1. The van der Waals surface area contributed by atoms with E-state index in [1.54, 1.807) is 12.1 Å². The van der Waals surface area contributed by atoms with Crippen molar-refractivity contribution < 1.29 is 14.5 Å². The maximum absolute atomic E-state index is 12.0. The van der Waals surface area contributed by atoms with Crippen molar-refractivity contribution in [1.29, 1.82) is 0 Å². The van der Waals surface area contributed by atoms with Gasteiger partial charge in [-0.15, -0.1) is 0 Å². The van der Waals surface area contributed by atoms with E-state index in [1.807, 2.05) is 0 Å². The second-order valence-electron chi connectivity index (χ2n) is 6.77. The zero-order valence-corrected chi connectivity index (χ0v) is 14.9. The first-order valence-electron chi connectivity index (χ1n) is 8.60. The molecule has 1 aromatic rings. The van der Waals surface area contributed by atoms with Crippen molar-refractivity contribution in [1.82, 2.24) is 10.2 Å². The van der Waals surface area contributed by atoms with Crippen LogP contribution in [0.5, 0.6) is 0 Å². The van der Waals surface area contributed by atoms with Gasteiger partial charge in [0.05, 0.1) is 4.92 Å². The number of hydrogen-bond acceptors (Lipinski definition) is 6. The summed E-state index contributed by atoms with van der Waals surface area (Å²) >= 11 is 4.45. The smallest absolute Gasteiger partial charge is 0.407 e. The van der Waals surface area contributed by atoms with Crippen LogP contribution in [-0.2, 0) is 11.3 Å². The number of rotatable bonds is 5. The van der Waals surface area contributed by atoms with E-state index < -0.39 is 11.0 Å². The Morgan fingerprint density at radius 1 is 1.32 bits per heavy atom. The molecule has 1 aliphatic heterocycles. The molecule has 2 aliphatic rings. The lowest BCUT2D eigenvalue weighted by Gasteiger charge is -2.45. The Hall–Kier alpha value is -1.80. The molecule has 7 nitrogen and oxygen atoms in total. The summed E-state index contributed by atoms with van der Waals surface area (Å²) in [7, 11) is 0. The lowest BCUT2D eigenvalue weighted by atomic mass is 9.88. The lowest BCUT2D eigenvalue weighted by Crippen LogP contribution is -2.56. The van der Waals surface area contributed by atoms with E-state index in [0.717, 1.165) is 37.9 Å². The van der Waals surface area contributed by atoms with Gasteiger partial charge in [0, 0.05) is 42.6 Å². The summed E-state index contributed by atoms with van der Waals surface area (Å²) < 4.78 is 5.24. The fourth-order valence-corrected chi connectivity index (χ4v) is 3.90. The number of benzene rings is 1. The summed E-state index contributed by atoms with van der Waals surface area (Å²) in [4.78, 5) is 24.6. The van der Waals surface area contributed by atoms with E-state index in [1.165, 1.54) is 18.6 Å². The first-order chi connectivity index (χ1) is 12.0. The molecule has 1 aromatic carbocycles. The van der Waals surface area contributed by atoms with E-state index in [-0.39, 0.29) is 18.3 Å². The Bertz CT molecular complexity index is 619. The van der Waals surface area contributed by atoms with Gasteiger partial charge in [0.1, 0.15) is 6.61 Å². The molecule has 2 fully saturated rings. The third kappa shape index (κ3) is 4.85. The van der Waals surface area contributed by atoms with E-state index in [0.29, 0.717) is 11.3 Å². The number of alkyl carbamates (subject to hydrolysis) is 1. The van der Waals surface area contributed by atoms with Crippen molar-refractivity contribution >= 4 is 24.4 Å². The van der Waals surface area contributed by atoms with Crippen molar-refractivity contribution in [3.05, 3.63) is 39.9 Å². The fourth-order valence-electron chi connectivity index (χ4n) is 3.48. The van der Waals surface area contributed by atoms with Gasteiger partial charge in [-0.25, -0.2) is 4.79 Å². The Balaban J connectivity index is 1.42. The van der Waals surface area contributed by atoms with Crippen LogP contribution in [-0.4, -0.2) is 46.3 Å². The Kier molecular flexibility index (Phi) is 5.80. The minimum atomic E-state index is -0.453. The van der Waals surface area contributed by atoms with E-state index in [9.17, 15) is 14.9 Å². The molecule has 0 unspecified atom stereocenters. The highest BCUT2D eigenvalue weighted by Gasteiger charge is 2.33. The SMILES string of the molecule is O=C(N[C@H]1CCC[C@@H](N2CC(S)C2)C1)OCc1ccc([N+](=O)[O-])cc1. The molecule has 0 bridgehead atoms. The molecule has 1 aliphatic carbocycles. The average molecular weight is 365 g/mol. The number of hydrogen-bond donors (Lipinski definition) is 2. The summed E-state index contributed by atoms with van der Waals surface area (Å²) in [5, 5.41) is 14.1. The number of nitro benzene ring substituents is 1. The molecule has 0 aromatic heterocycles. The van der Waals surface area contributed by atoms with Gasteiger partial charge >= 0.3 is 6.09 Å². The number of carbonyl (C=O) groups is 1. The average Bonchev–Trinajstić information content (AvgIpc) is 2.58. The standard InChI is InChI=1S/C17H23N3O4S/c21-17(24-11-12-4-6-14(7-5-12)20(22)23)18-13-2-1-3-15(8-13)19-9-16(25)10-19/h4-7,13,15-16,25H,1-3,8-11H2,(H,18,21)/t13-,15+/m0/s1. The molecule has 1 amide bonds. The van der Waals surface area contributed by atoms with Crippen LogP contribution in [0.4, 0.5) is 10.5 Å². The molecule has 2 atom stereocenters. The second kappa shape index (κ2) is 8.05. The molecule has 136 valence electrons. The number of nitrogens with zero attached hydrogens (tertiary/aromatic N) is 2. The van der Waals surface area contributed by atoms with Crippen LogP contribution < -0.4 is 5.32 Å². The Morgan fingerprint density at radius 3 is 2.68 bits per heavy atom. The molecule has 1 heterocycles. The van der Waals surface area contributed by atoms with Crippen LogP contribution in [0.1, 0.15) is 31.2 Å².